The van der Waals surface area contributed by atoms with Gasteiger partial charge in [0.05, 0.1) is 5.54 Å². The Kier molecular flexibility index (Phi) is 5.66. The molecule has 0 spiro atoms. The fourth-order valence-corrected chi connectivity index (χ4v) is 5.05. The summed E-state index contributed by atoms with van der Waals surface area (Å²) in [7, 11) is 0. The van der Waals surface area contributed by atoms with Crippen molar-refractivity contribution in [2.24, 2.45) is 0 Å². The molecule has 2 nitrogen and oxygen atoms in total. The minimum atomic E-state index is -0.348. The van der Waals surface area contributed by atoms with Crippen LogP contribution in [0.25, 0.3) is 0 Å². The summed E-state index contributed by atoms with van der Waals surface area (Å²) >= 11 is 0. The summed E-state index contributed by atoms with van der Waals surface area (Å²) in [5.41, 5.74) is 4.91. The Bertz CT molecular complexity index is 982. The number of nitrogens with one attached hydrogen (secondary N) is 1. The van der Waals surface area contributed by atoms with Crippen LogP contribution in [0, 0.1) is 0 Å². The summed E-state index contributed by atoms with van der Waals surface area (Å²) in [6.07, 6.45) is 0. The quantitative estimate of drug-likeness (QED) is 0.434. The molecular weight excluding hydrogens is 376 g/mol. The lowest BCUT2D eigenvalue weighted by Gasteiger charge is -2.49. The molecule has 0 saturated carbocycles. The number of nitrogens with zero attached hydrogens (tertiary/aromatic N) is 1. The number of hydrogen-bond acceptors (Lipinski definition) is 2. The van der Waals surface area contributed by atoms with Crippen molar-refractivity contribution < 1.29 is 0 Å². The van der Waals surface area contributed by atoms with Gasteiger partial charge in [-0.15, -0.1) is 0 Å². The third kappa shape index (κ3) is 3.69. The monoisotopic (exact) mass is 404 g/mol. The van der Waals surface area contributed by atoms with Crippen molar-refractivity contribution in [1.82, 2.24) is 10.2 Å². The molecule has 0 radical (unpaired) electrons. The highest BCUT2D eigenvalue weighted by Crippen LogP contribution is 2.43. The van der Waals surface area contributed by atoms with Crippen LogP contribution in [0.5, 0.6) is 0 Å². The summed E-state index contributed by atoms with van der Waals surface area (Å²) in [6, 6.07) is 44.1. The molecule has 0 aromatic heterocycles. The van der Waals surface area contributed by atoms with Crippen LogP contribution in [-0.4, -0.2) is 24.5 Å². The fraction of sp³-hybridized carbons (Fsp3) is 0.172. The first-order valence-electron chi connectivity index (χ1n) is 11.1. The molecule has 0 aliphatic carbocycles. The van der Waals surface area contributed by atoms with E-state index in [4.69, 9.17) is 0 Å². The van der Waals surface area contributed by atoms with E-state index in [1.54, 1.807) is 0 Å². The molecule has 1 heterocycles. The second kappa shape index (κ2) is 8.89. The second-order valence-corrected chi connectivity index (χ2v) is 8.17. The van der Waals surface area contributed by atoms with Crippen molar-refractivity contribution in [3.63, 3.8) is 0 Å². The van der Waals surface area contributed by atoms with Crippen LogP contribution in [0.3, 0.4) is 0 Å². The molecule has 4 aromatic rings. The van der Waals surface area contributed by atoms with Crippen molar-refractivity contribution >= 4 is 0 Å². The van der Waals surface area contributed by atoms with E-state index < -0.39 is 0 Å². The number of piperazine rings is 1. The SMILES string of the molecule is c1ccc([C@H]2CN(C(c3ccccc3)(c3ccccc3)c3ccccc3)CCN2)cc1. The molecule has 0 unspecified atom stereocenters. The Hall–Kier alpha value is -3.20. The van der Waals surface area contributed by atoms with Gasteiger partial charge in [-0.3, -0.25) is 4.90 Å². The van der Waals surface area contributed by atoms with Gasteiger partial charge in [0.2, 0.25) is 0 Å². The first-order valence-corrected chi connectivity index (χ1v) is 11.1. The minimum absolute atomic E-state index is 0.297. The maximum atomic E-state index is 3.75. The molecule has 1 saturated heterocycles. The van der Waals surface area contributed by atoms with E-state index >= 15 is 0 Å². The predicted octanol–water partition coefficient (Wildman–Crippen LogP) is 5.63. The van der Waals surface area contributed by atoms with Gasteiger partial charge in [-0.25, -0.2) is 0 Å². The van der Waals surface area contributed by atoms with Gasteiger partial charge < -0.3 is 5.32 Å². The summed E-state index contributed by atoms with van der Waals surface area (Å²) in [5, 5.41) is 3.75. The molecule has 31 heavy (non-hydrogen) atoms. The predicted molar refractivity (Wildman–Crippen MR) is 128 cm³/mol. The number of hydrogen-bond donors (Lipinski definition) is 1. The van der Waals surface area contributed by atoms with Crippen LogP contribution < -0.4 is 5.32 Å². The van der Waals surface area contributed by atoms with Crippen LogP contribution in [-0.2, 0) is 5.54 Å². The molecule has 1 aliphatic rings. The average molecular weight is 405 g/mol. The Labute approximate surface area is 185 Å². The van der Waals surface area contributed by atoms with Crippen molar-refractivity contribution in [2.45, 2.75) is 11.6 Å². The molecule has 1 aliphatic heterocycles. The van der Waals surface area contributed by atoms with Crippen molar-refractivity contribution in [1.29, 1.82) is 0 Å². The van der Waals surface area contributed by atoms with E-state index in [0.29, 0.717) is 6.04 Å². The van der Waals surface area contributed by atoms with Gasteiger partial charge in [0.1, 0.15) is 0 Å². The van der Waals surface area contributed by atoms with Gasteiger partial charge >= 0.3 is 0 Å². The summed E-state index contributed by atoms with van der Waals surface area (Å²) in [6.45, 7) is 2.86. The number of benzene rings is 4. The molecule has 1 atom stereocenters. The van der Waals surface area contributed by atoms with Gasteiger partial charge in [0, 0.05) is 25.7 Å². The van der Waals surface area contributed by atoms with Crippen LogP contribution in [0.4, 0.5) is 0 Å². The van der Waals surface area contributed by atoms with E-state index in [0.717, 1.165) is 19.6 Å². The molecule has 0 bridgehead atoms. The van der Waals surface area contributed by atoms with E-state index in [9.17, 15) is 0 Å². The topological polar surface area (TPSA) is 15.3 Å². The summed E-state index contributed by atoms with van der Waals surface area (Å²) < 4.78 is 0. The Morgan fingerprint density at radius 3 is 1.45 bits per heavy atom. The lowest BCUT2D eigenvalue weighted by molar-refractivity contribution is 0.111. The lowest BCUT2D eigenvalue weighted by atomic mass is 9.75. The van der Waals surface area contributed by atoms with Crippen molar-refractivity contribution in [3.8, 4) is 0 Å². The lowest BCUT2D eigenvalue weighted by Crippen LogP contribution is -2.56. The largest absolute Gasteiger partial charge is 0.308 e. The maximum absolute atomic E-state index is 3.75. The Morgan fingerprint density at radius 1 is 0.581 bits per heavy atom. The highest BCUT2D eigenvalue weighted by molar-refractivity contribution is 5.50. The highest BCUT2D eigenvalue weighted by atomic mass is 15.3. The molecule has 5 rings (SSSR count). The standard InChI is InChI=1S/C29H28N2/c1-5-13-24(14-6-1)28-23-31(22-21-30-28)29(25-15-7-2-8-16-25,26-17-9-3-10-18-26)27-19-11-4-12-20-27/h1-20,28,30H,21-23H2/t28-/m1/s1. The average Bonchev–Trinajstić information content (AvgIpc) is 2.87. The van der Waals surface area contributed by atoms with E-state index in [2.05, 4.69) is 132 Å². The van der Waals surface area contributed by atoms with E-state index in [1.165, 1.54) is 22.3 Å². The van der Waals surface area contributed by atoms with Gasteiger partial charge in [0.15, 0.2) is 0 Å². The maximum Gasteiger partial charge on any atom is 0.0974 e. The number of rotatable bonds is 5. The summed E-state index contributed by atoms with van der Waals surface area (Å²) in [5.74, 6) is 0. The zero-order valence-corrected chi connectivity index (χ0v) is 17.7. The van der Waals surface area contributed by atoms with Gasteiger partial charge in [0.25, 0.3) is 0 Å². The minimum Gasteiger partial charge on any atom is -0.308 e. The van der Waals surface area contributed by atoms with Gasteiger partial charge in [-0.1, -0.05) is 121 Å². The Morgan fingerprint density at radius 2 is 1.00 bits per heavy atom. The van der Waals surface area contributed by atoms with Crippen LogP contribution in [0.1, 0.15) is 28.3 Å². The van der Waals surface area contributed by atoms with E-state index in [1.807, 2.05) is 0 Å². The summed E-state index contributed by atoms with van der Waals surface area (Å²) in [4.78, 5) is 2.67. The van der Waals surface area contributed by atoms with Crippen molar-refractivity contribution in [2.75, 3.05) is 19.6 Å². The van der Waals surface area contributed by atoms with Crippen LogP contribution in [0.15, 0.2) is 121 Å². The first-order chi connectivity index (χ1) is 15.4. The molecule has 1 N–H and O–H groups in total. The van der Waals surface area contributed by atoms with Gasteiger partial charge in [-0.05, 0) is 22.3 Å². The van der Waals surface area contributed by atoms with Crippen LogP contribution >= 0.6 is 0 Å². The van der Waals surface area contributed by atoms with Crippen LogP contribution in [0.2, 0.25) is 0 Å². The van der Waals surface area contributed by atoms with E-state index in [-0.39, 0.29) is 5.54 Å². The first kappa shape index (κ1) is 19.7. The second-order valence-electron chi connectivity index (χ2n) is 8.17. The third-order valence-corrected chi connectivity index (χ3v) is 6.43. The zero-order chi connectivity index (χ0) is 20.9. The van der Waals surface area contributed by atoms with Gasteiger partial charge in [-0.2, -0.15) is 0 Å². The zero-order valence-electron chi connectivity index (χ0n) is 17.7. The molecule has 0 amide bonds. The molecule has 154 valence electrons. The highest BCUT2D eigenvalue weighted by Gasteiger charge is 2.43. The fourth-order valence-electron chi connectivity index (χ4n) is 5.05. The molecule has 2 heteroatoms. The molecule has 1 fully saturated rings. The molecular formula is C29H28N2. The normalized spacial score (nSPS) is 17.4. The third-order valence-electron chi connectivity index (χ3n) is 6.43. The Balaban J connectivity index is 1.70. The molecule has 4 aromatic carbocycles. The smallest absolute Gasteiger partial charge is 0.0974 e. The van der Waals surface area contributed by atoms with Crippen molar-refractivity contribution in [3.05, 3.63) is 144 Å².